The standard InChI is InChI=1S/C14H20N2O4/c17-12-2-1-11(13(18)9-12)10-16-7-5-15(6-8-16)4-3-14(19)20/h1-2,9,17-18H,3-8,10H2,(H,19,20). The Morgan fingerprint density at radius 2 is 1.75 bits per heavy atom. The van der Waals surface area contributed by atoms with Crippen LogP contribution in [0.1, 0.15) is 12.0 Å². The maximum Gasteiger partial charge on any atom is 0.304 e. The fourth-order valence-electron chi connectivity index (χ4n) is 2.35. The third-order valence-electron chi connectivity index (χ3n) is 3.57. The van der Waals surface area contributed by atoms with E-state index < -0.39 is 5.97 Å². The molecule has 110 valence electrons. The molecule has 0 aromatic heterocycles. The molecule has 0 atom stereocenters. The first-order chi connectivity index (χ1) is 9.54. The molecule has 0 unspecified atom stereocenters. The lowest BCUT2D eigenvalue weighted by molar-refractivity contribution is -0.137. The lowest BCUT2D eigenvalue weighted by atomic mass is 10.1. The number of aromatic hydroxyl groups is 2. The summed E-state index contributed by atoms with van der Waals surface area (Å²) in [7, 11) is 0. The minimum absolute atomic E-state index is 0.0599. The third-order valence-corrected chi connectivity index (χ3v) is 3.57. The van der Waals surface area contributed by atoms with Crippen molar-refractivity contribution in [2.75, 3.05) is 32.7 Å². The highest BCUT2D eigenvalue weighted by atomic mass is 16.4. The molecule has 0 saturated carbocycles. The van der Waals surface area contributed by atoms with E-state index in [4.69, 9.17) is 5.11 Å². The first-order valence-corrected chi connectivity index (χ1v) is 6.72. The van der Waals surface area contributed by atoms with Gasteiger partial charge in [-0.25, -0.2) is 0 Å². The van der Waals surface area contributed by atoms with Crippen molar-refractivity contribution in [2.24, 2.45) is 0 Å². The molecule has 0 bridgehead atoms. The molecule has 6 heteroatoms. The SMILES string of the molecule is O=C(O)CCN1CCN(Cc2ccc(O)cc2O)CC1. The van der Waals surface area contributed by atoms with Gasteiger partial charge in [0.05, 0.1) is 6.42 Å². The van der Waals surface area contributed by atoms with Gasteiger partial charge in [-0.15, -0.1) is 0 Å². The highest BCUT2D eigenvalue weighted by Gasteiger charge is 2.18. The summed E-state index contributed by atoms with van der Waals surface area (Å²) in [5.74, 6) is -0.593. The number of piperazine rings is 1. The first kappa shape index (κ1) is 14.6. The quantitative estimate of drug-likeness (QED) is 0.736. The average Bonchev–Trinajstić information content (AvgIpc) is 2.41. The predicted molar refractivity (Wildman–Crippen MR) is 73.7 cm³/mol. The van der Waals surface area contributed by atoms with E-state index >= 15 is 0 Å². The van der Waals surface area contributed by atoms with Gasteiger partial charge < -0.3 is 20.2 Å². The summed E-state index contributed by atoms with van der Waals surface area (Å²) in [6.45, 7) is 4.60. The van der Waals surface area contributed by atoms with E-state index in [1.165, 1.54) is 6.07 Å². The smallest absolute Gasteiger partial charge is 0.304 e. The molecule has 6 nitrogen and oxygen atoms in total. The number of hydrogen-bond acceptors (Lipinski definition) is 5. The lowest BCUT2D eigenvalue weighted by Crippen LogP contribution is -2.46. The van der Waals surface area contributed by atoms with Crippen molar-refractivity contribution in [3.63, 3.8) is 0 Å². The van der Waals surface area contributed by atoms with Crippen molar-refractivity contribution in [2.45, 2.75) is 13.0 Å². The van der Waals surface area contributed by atoms with Crippen LogP contribution in [0, 0.1) is 0 Å². The summed E-state index contributed by atoms with van der Waals surface area (Å²) in [5, 5.41) is 27.7. The molecule has 0 spiro atoms. The minimum Gasteiger partial charge on any atom is -0.508 e. The van der Waals surface area contributed by atoms with Gasteiger partial charge in [-0.1, -0.05) is 6.07 Å². The van der Waals surface area contributed by atoms with Crippen LogP contribution in [0.5, 0.6) is 11.5 Å². The van der Waals surface area contributed by atoms with Gasteiger partial charge in [-0.3, -0.25) is 9.69 Å². The lowest BCUT2D eigenvalue weighted by Gasteiger charge is -2.34. The predicted octanol–water partition coefficient (Wildman–Crippen LogP) is 0.690. The van der Waals surface area contributed by atoms with Crippen molar-refractivity contribution >= 4 is 5.97 Å². The molecule has 1 aliphatic rings. The molecule has 0 amide bonds. The van der Waals surface area contributed by atoms with Gasteiger partial charge in [0.1, 0.15) is 11.5 Å². The maximum atomic E-state index is 10.5. The molecule has 1 aromatic carbocycles. The molecule has 1 saturated heterocycles. The van der Waals surface area contributed by atoms with Crippen LogP contribution in [0.25, 0.3) is 0 Å². The zero-order valence-corrected chi connectivity index (χ0v) is 11.3. The summed E-state index contributed by atoms with van der Waals surface area (Å²) < 4.78 is 0. The van der Waals surface area contributed by atoms with Crippen molar-refractivity contribution in [1.29, 1.82) is 0 Å². The van der Waals surface area contributed by atoms with Crippen LogP contribution < -0.4 is 0 Å². The number of benzene rings is 1. The molecular formula is C14H20N2O4. The van der Waals surface area contributed by atoms with E-state index in [1.807, 2.05) is 0 Å². The summed E-state index contributed by atoms with van der Waals surface area (Å²) in [6, 6.07) is 4.64. The number of carboxylic acids is 1. The number of phenols is 2. The Balaban J connectivity index is 1.80. The topological polar surface area (TPSA) is 84.2 Å². The van der Waals surface area contributed by atoms with Crippen molar-refractivity contribution in [3.8, 4) is 11.5 Å². The monoisotopic (exact) mass is 280 g/mol. The van der Waals surface area contributed by atoms with E-state index in [9.17, 15) is 15.0 Å². The molecule has 0 aliphatic carbocycles. The highest BCUT2D eigenvalue weighted by Crippen LogP contribution is 2.24. The van der Waals surface area contributed by atoms with Gasteiger partial charge in [0, 0.05) is 50.9 Å². The van der Waals surface area contributed by atoms with Crippen molar-refractivity contribution < 1.29 is 20.1 Å². The normalized spacial score (nSPS) is 17.2. The van der Waals surface area contributed by atoms with Crippen LogP contribution in [0.4, 0.5) is 0 Å². The Labute approximate surface area is 117 Å². The molecule has 1 aromatic rings. The summed E-state index contributed by atoms with van der Waals surface area (Å²) in [6.07, 6.45) is 0.179. The zero-order chi connectivity index (χ0) is 14.5. The first-order valence-electron chi connectivity index (χ1n) is 6.72. The Hall–Kier alpha value is -1.79. The summed E-state index contributed by atoms with van der Waals surface area (Å²) in [4.78, 5) is 14.9. The zero-order valence-electron chi connectivity index (χ0n) is 11.3. The number of rotatable bonds is 5. The highest BCUT2D eigenvalue weighted by molar-refractivity contribution is 5.66. The molecule has 0 radical (unpaired) electrons. The number of aliphatic carboxylic acids is 1. The van der Waals surface area contributed by atoms with E-state index in [0.717, 1.165) is 31.7 Å². The van der Waals surface area contributed by atoms with E-state index in [0.29, 0.717) is 13.1 Å². The number of nitrogens with zero attached hydrogens (tertiary/aromatic N) is 2. The number of hydrogen-bond donors (Lipinski definition) is 3. The average molecular weight is 280 g/mol. The minimum atomic E-state index is -0.763. The molecule has 3 N–H and O–H groups in total. The van der Waals surface area contributed by atoms with Crippen LogP contribution >= 0.6 is 0 Å². The van der Waals surface area contributed by atoms with Gasteiger partial charge in [0.2, 0.25) is 0 Å². The molecular weight excluding hydrogens is 260 g/mol. The summed E-state index contributed by atoms with van der Waals surface area (Å²) in [5.41, 5.74) is 0.793. The number of carbonyl (C=O) groups is 1. The van der Waals surface area contributed by atoms with Gasteiger partial charge in [-0.2, -0.15) is 0 Å². The largest absolute Gasteiger partial charge is 0.508 e. The van der Waals surface area contributed by atoms with Gasteiger partial charge in [-0.05, 0) is 6.07 Å². The van der Waals surface area contributed by atoms with Gasteiger partial charge in [0.15, 0.2) is 0 Å². The van der Waals surface area contributed by atoms with Crippen molar-refractivity contribution in [3.05, 3.63) is 23.8 Å². The second-order valence-electron chi connectivity index (χ2n) is 5.07. The second kappa shape index (κ2) is 6.58. The number of carboxylic acid groups (broad SMARTS) is 1. The summed E-state index contributed by atoms with van der Waals surface area (Å²) >= 11 is 0. The van der Waals surface area contributed by atoms with E-state index in [-0.39, 0.29) is 17.9 Å². The van der Waals surface area contributed by atoms with E-state index in [1.54, 1.807) is 12.1 Å². The Bertz CT molecular complexity index is 470. The maximum absolute atomic E-state index is 10.5. The molecule has 2 rings (SSSR count). The molecule has 20 heavy (non-hydrogen) atoms. The van der Waals surface area contributed by atoms with Crippen LogP contribution in [0.2, 0.25) is 0 Å². The van der Waals surface area contributed by atoms with E-state index in [2.05, 4.69) is 9.80 Å². The van der Waals surface area contributed by atoms with Crippen LogP contribution in [0.3, 0.4) is 0 Å². The Morgan fingerprint density at radius 3 is 2.35 bits per heavy atom. The van der Waals surface area contributed by atoms with Crippen LogP contribution in [-0.2, 0) is 11.3 Å². The van der Waals surface area contributed by atoms with Gasteiger partial charge in [0.25, 0.3) is 0 Å². The second-order valence-corrected chi connectivity index (χ2v) is 5.07. The fraction of sp³-hybridized carbons (Fsp3) is 0.500. The Morgan fingerprint density at radius 1 is 1.10 bits per heavy atom. The van der Waals surface area contributed by atoms with Crippen LogP contribution in [-0.4, -0.2) is 63.8 Å². The van der Waals surface area contributed by atoms with Gasteiger partial charge >= 0.3 is 5.97 Å². The third kappa shape index (κ3) is 4.11. The molecule has 1 heterocycles. The fourth-order valence-corrected chi connectivity index (χ4v) is 2.35. The molecule has 1 aliphatic heterocycles. The van der Waals surface area contributed by atoms with Crippen molar-refractivity contribution in [1.82, 2.24) is 9.80 Å². The number of phenolic OH excluding ortho intramolecular Hbond substituents is 2. The molecule has 1 fully saturated rings. The Kier molecular flexibility index (Phi) is 4.81. The van der Waals surface area contributed by atoms with Crippen LogP contribution in [0.15, 0.2) is 18.2 Å².